The van der Waals surface area contributed by atoms with Crippen LogP contribution in [0.2, 0.25) is 0 Å². The zero-order chi connectivity index (χ0) is 21.1. The number of rotatable bonds is 6. The van der Waals surface area contributed by atoms with Crippen LogP contribution in [0.25, 0.3) is 5.57 Å². The summed E-state index contributed by atoms with van der Waals surface area (Å²) in [5, 5.41) is 0. The van der Waals surface area contributed by atoms with E-state index in [-0.39, 0.29) is 11.8 Å². The highest BCUT2D eigenvalue weighted by molar-refractivity contribution is 6.45. The molecule has 0 bridgehead atoms. The topological polar surface area (TPSA) is 49.9 Å². The van der Waals surface area contributed by atoms with E-state index in [1.807, 2.05) is 78.7 Å². The van der Waals surface area contributed by atoms with Crippen LogP contribution in [-0.4, -0.2) is 30.9 Å². The first kappa shape index (κ1) is 19.5. The second-order valence-corrected chi connectivity index (χ2v) is 7.05. The highest BCUT2D eigenvalue weighted by atomic mass is 16.5. The summed E-state index contributed by atoms with van der Waals surface area (Å²) in [4.78, 5) is 30.1. The minimum absolute atomic E-state index is 0.342. The number of hydrogen-bond donors (Lipinski definition) is 0. The van der Waals surface area contributed by atoms with Gasteiger partial charge in [-0.3, -0.25) is 9.59 Å². The van der Waals surface area contributed by atoms with Gasteiger partial charge in [0.15, 0.2) is 0 Å². The molecule has 0 saturated carbocycles. The van der Waals surface area contributed by atoms with Gasteiger partial charge in [-0.05, 0) is 23.8 Å². The number of carbonyl (C=O) groups is 2. The molecule has 150 valence electrons. The number of carbonyl (C=O) groups excluding carboxylic acids is 2. The molecular formula is C25H22N2O3. The zero-order valence-electron chi connectivity index (χ0n) is 16.9. The van der Waals surface area contributed by atoms with Crippen molar-refractivity contribution < 1.29 is 14.3 Å². The Morgan fingerprint density at radius 3 is 2.07 bits per heavy atom. The first-order valence-corrected chi connectivity index (χ1v) is 9.68. The fourth-order valence-electron chi connectivity index (χ4n) is 3.71. The van der Waals surface area contributed by atoms with Crippen molar-refractivity contribution in [2.24, 2.45) is 0 Å². The van der Waals surface area contributed by atoms with Crippen LogP contribution in [0.1, 0.15) is 11.1 Å². The molecule has 4 rings (SSSR count). The lowest BCUT2D eigenvalue weighted by atomic mass is 10.0. The molecular weight excluding hydrogens is 376 g/mol. The summed E-state index contributed by atoms with van der Waals surface area (Å²) in [5.74, 6) is -0.148. The van der Waals surface area contributed by atoms with Crippen LogP contribution in [0.5, 0.6) is 5.75 Å². The van der Waals surface area contributed by atoms with E-state index in [1.165, 1.54) is 4.90 Å². The van der Waals surface area contributed by atoms with Gasteiger partial charge in [0.05, 0.1) is 18.4 Å². The fraction of sp³-hybridized carbons (Fsp3) is 0.120. The van der Waals surface area contributed by atoms with Gasteiger partial charge in [0.2, 0.25) is 0 Å². The second-order valence-electron chi connectivity index (χ2n) is 7.05. The number of anilines is 1. The average Bonchev–Trinajstić information content (AvgIpc) is 3.05. The summed E-state index contributed by atoms with van der Waals surface area (Å²) in [6.07, 6.45) is 0. The predicted molar refractivity (Wildman–Crippen MR) is 117 cm³/mol. The van der Waals surface area contributed by atoms with Crippen molar-refractivity contribution in [1.82, 2.24) is 4.90 Å². The molecule has 1 aliphatic rings. The Morgan fingerprint density at radius 2 is 1.40 bits per heavy atom. The van der Waals surface area contributed by atoms with Crippen molar-refractivity contribution in [3.8, 4) is 5.75 Å². The lowest BCUT2D eigenvalue weighted by Crippen LogP contribution is -2.34. The van der Waals surface area contributed by atoms with Crippen LogP contribution in [0.3, 0.4) is 0 Å². The SMILES string of the molecule is COc1ccccc1C1=C(N(C)Cc2ccccc2)C(=O)N(c2ccccc2)C1=O. The van der Waals surface area contributed by atoms with Crippen LogP contribution < -0.4 is 9.64 Å². The molecule has 1 heterocycles. The lowest BCUT2D eigenvalue weighted by Gasteiger charge is -2.21. The quantitative estimate of drug-likeness (QED) is 0.587. The average molecular weight is 398 g/mol. The highest BCUT2D eigenvalue weighted by Gasteiger charge is 2.42. The molecule has 0 saturated heterocycles. The van der Waals surface area contributed by atoms with E-state index in [0.29, 0.717) is 34.8 Å². The van der Waals surface area contributed by atoms with Gasteiger partial charge >= 0.3 is 0 Å². The molecule has 30 heavy (non-hydrogen) atoms. The molecule has 1 aliphatic heterocycles. The summed E-state index contributed by atoms with van der Waals surface area (Å²) >= 11 is 0. The van der Waals surface area contributed by atoms with Gasteiger partial charge in [0, 0.05) is 19.2 Å². The monoisotopic (exact) mass is 398 g/mol. The number of amides is 2. The van der Waals surface area contributed by atoms with Gasteiger partial charge in [-0.15, -0.1) is 0 Å². The van der Waals surface area contributed by atoms with Crippen molar-refractivity contribution in [3.63, 3.8) is 0 Å². The molecule has 0 unspecified atom stereocenters. The van der Waals surface area contributed by atoms with E-state index in [4.69, 9.17) is 4.74 Å². The lowest BCUT2D eigenvalue weighted by molar-refractivity contribution is -0.120. The van der Waals surface area contributed by atoms with Crippen molar-refractivity contribution in [3.05, 3.63) is 102 Å². The minimum atomic E-state index is -0.356. The predicted octanol–water partition coefficient (Wildman–Crippen LogP) is 4.11. The molecule has 2 amide bonds. The van der Waals surface area contributed by atoms with Crippen molar-refractivity contribution in [2.75, 3.05) is 19.1 Å². The number of nitrogens with zero attached hydrogens (tertiary/aromatic N) is 2. The van der Waals surface area contributed by atoms with Gasteiger partial charge in [0.1, 0.15) is 11.4 Å². The standard InChI is InChI=1S/C25H22N2O3/c1-26(17-18-11-5-3-6-12-18)23-22(20-15-9-10-16-21(20)30-2)24(28)27(25(23)29)19-13-7-4-8-14-19/h3-16H,17H2,1-2H3. The number of para-hydroxylation sites is 2. The maximum Gasteiger partial charge on any atom is 0.282 e. The highest BCUT2D eigenvalue weighted by Crippen LogP contribution is 2.38. The fourth-order valence-corrected chi connectivity index (χ4v) is 3.71. The zero-order valence-corrected chi connectivity index (χ0v) is 16.9. The molecule has 0 atom stereocenters. The first-order chi connectivity index (χ1) is 14.6. The summed E-state index contributed by atoms with van der Waals surface area (Å²) < 4.78 is 5.49. The molecule has 0 N–H and O–H groups in total. The first-order valence-electron chi connectivity index (χ1n) is 9.68. The van der Waals surface area contributed by atoms with Crippen LogP contribution in [0.15, 0.2) is 90.6 Å². The summed E-state index contributed by atoms with van der Waals surface area (Å²) in [6.45, 7) is 0.497. The van der Waals surface area contributed by atoms with Gasteiger partial charge < -0.3 is 9.64 Å². The maximum absolute atomic E-state index is 13.5. The molecule has 0 radical (unpaired) electrons. The van der Waals surface area contributed by atoms with Crippen molar-refractivity contribution in [2.45, 2.75) is 6.54 Å². The van der Waals surface area contributed by atoms with Gasteiger partial charge in [-0.25, -0.2) is 4.90 Å². The van der Waals surface area contributed by atoms with Crippen LogP contribution in [0, 0.1) is 0 Å². The summed E-state index contributed by atoms with van der Waals surface area (Å²) in [6, 6.07) is 26.1. The van der Waals surface area contributed by atoms with E-state index in [9.17, 15) is 9.59 Å². The molecule has 5 heteroatoms. The van der Waals surface area contributed by atoms with Crippen LogP contribution >= 0.6 is 0 Å². The summed E-state index contributed by atoms with van der Waals surface area (Å²) in [7, 11) is 3.39. The molecule has 3 aromatic rings. The van der Waals surface area contributed by atoms with Gasteiger partial charge in [-0.1, -0.05) is 66.7 Å². The second kappa shape index (κ2) is 8.25. The van der Waals surface area contributed by atoms with Crippen LogP contribution in [0.4, 0.5) is 5.69 Å². The Kier molecular flexibility index (Phi) is 5.35. The van der Waals surface area contributed by atoms with E-state index >= 15 is 0 Å². The molecule has 0 aromatic heterocycles. The smallest absolute Gasteiger partial charge is 0.282 e. The molecule has 0 spiro atoms. The number of hydrogen-bond acceptors (Lipinski definition) is 4. The van der Waals surface area contributed by atoms with E-state index in [0.717, 1.165) is 5.56 Å². The third-order valence-corrected chi connectivity index (χ3v) is 5.09. The van der Waals surface area contributed by atoms with E-state index in [1.54, 1.807) is 25.3 Å². The molecule has 0 aliphatic carbocycles. The number of imide groups is 1. The molecule has 0 fully saturated rings. The van der Waals surface area contributed by atoms with Crippen LogP contribution in [-0.2, 0) is 16.1 Å². The van der Waals surface area contributed by atoms with Crippen molar-refractivity contribution >= 4 is 23.1 Å². The summed E-state index contributed by atoms with van der Waals surface area (Å²) in [5.41, 5.74) is 2.90. The number of likely N-dealkylation sites (N-methyl/N-ethyl adjacent to an activating group) is 1. The Balaban J connectivity index is 1.84. The van der Waals surface area contributed by atoms with E-state index in [2.05, 4.69) is 0 Å². The Bertz CT molecular complexity index is 1110. The van der Waals surface area contributed by atoms with Gasteiger partial charge in [0.25, 0.3) is 11.8 Å². The van der Waals surface area contributed by atoms with E-state index < -0.39 is 0 Å². The number of benzene rings is 3. The normalized spacial score (nSPS) is 13.7. The third-order valence-electron chi connectivity index (χ3n) is 5.09. The number of methoxy groups -OCH3 is 1. The van der Waals surface area contributed by atoms with Gasteiger partial charge in [-0.2, -0.15) is 0 Å². The number of ether oxygens (including phenoxy) is 1. The Hall–Kier alpha value is -3.86. The Morgan fingerprint density at radius 1 is 0.800 bits per heavy atom. The minimum Gasteiger partial charge on any atom is -0.496 e. The maximum atomic E-state index is 13.5. The third kappa shape index (κ3) is 3.46. The largest absolute Gasteiger partial charge is 0.496 e. The molecule has 3 aromatic carbocycles. The molecule has 5 nitrogen and oxygen atoms in total. The Labute approximate surface area is 175 Å². The van der Waals surface area contributed by atoms with Crippen molar-refractivity contribution in [1.29, 1.82) is 0 Å².